The predicted octanol–water partition coefficient (Wildman–Crippen LogP) is 10.2. The molecule has 570 valence electrons. The average molecular weight is 1410 g/mol. The van der Waals surface area contributed by atoms with E-state index in [0.29, 0.717) is 25.2 Å². The summed E-state index contributed by atoms with van der Waals surface area (Å²) in [6.45, 7) is 5.74. The number of carbonyl (C=O) groups excluding carboxylic acids is 3. The number of carbonyl (C=O) groups is 3. The van der Waals surface area contributed by atoms with Gasteiger partial charge < -0.3 is 89.1 Å². The molecule has 3 fully saturated rings. The zero-order valence-electron chi connectivity index (χ0n) is 59.5. The maximum atomic E-state index is 14.3. The van der Waals surface area contributed by atoms with E-state index in [4.69, 9.17) is 42.2 Å². The molecule has 0 radical (unpaired) electrons. The molecule has 0 aromatic carbocycles. The smallest absolute Gasteiger partial charge is 0.463 e. The largest absolute Gasteiger partial charge is 0.472 e. The summed E-state index contributed by atoms with van der Waals surface area (Å²) >= 11 is 0. The average Bonchev–Trinajstić information content (AvgIpc) is 0.771. The number of ether oxygens (including phenoxy) is 7. The second-order valence-corrected chi connectivity index (χ2v) is 29.0. The van der Waals surface area contributed by atoms with Crippen molar-refractivity contribution >= 4 is 25.7 Å². The second-order valence-electron chi connectivity index (χ2n) is 27.6. The minimum atomic E-state index is -5.69. The van der Waals surface area contributed by atoms with Gasteiger partial charge in [-0.05, 0) is 50.9 Å². The molecule has 0 spiro atoms. The number of phosphoric ester groups is 1. The van der Waals surface area contributed by atoms with Crippen molar-refractivity contribution < 1.29 is 117 Å². The molecule has 1 saturated carbocycles. The van der Waals surface area contributed by atoms with Crippen molar-refractivity contribution in [1.29, 1.82) is 0 Å². The van der Waals surface area contributed by atoms with Crippen molar-refractivity contribution in [2.24, 2.45) is 5.92 Å². The van der Waals surface area contributed by atoms with Crippen LogP contribution in [-0.4, -0.2) is 204 Å². The first-order valence-corrected chi connectivity index (χ1v) is 39.4. The molecule has 0 aromatic heterocycles. The van der Waals surface area contributed by atoms with Crippen molar-refractivity contribution in [1.82, 2.24) is 0 Å². The Labute approximate surface area is 580 Å². The van der Waals surface area contributed by atoms with Gasteiger partial charge >= 0.3 is 25.7 Å². The van der Waals surface area contributed by atoms with Crippen LogP contribution in [0.2, 0.25) is 0 Å². The molecule has 11 N–H and O–H groups in total. The van der Waals surface area contributed by atoms with Crippen LogP contribution in [0.5, 0.6) is 0 Å². The lowest BCUT2D eigenvalue weighted by Gasteiger charge is -2.49. The van der Waals surface area contributed by atoms with Gasteiger partial charge in [0.2, 0.25) is 0 Å². The highest BCUT2D eigenvalue weighted by Crippen LogP contribution is 2.49. The minimum Gasteiger partial charge on any atom is -0.463 e. The molecule has 24 nitrogen and oxygen atoms in total. The lowest BCUT2D eigenvalue weighted by atomic mass is 9.84. The third-order valence-electron chi connectivity index (χ3n) is 18.9. The maximum Gasteiger partial charge on any atom is 0.472 e. The molecule has 19 unspecified atom stereocenters. The molecular weight excluding hydrogens is 1280 g/mol. The van der Waals surface area contributed by atoms with Crippen molar-refractivity contribution in [3.05, 3.63) is 12.2 Å². The predicted molar refractivity (Wildman–Crippen MR) is 365 cm³/mol. The number of hydrogen-bond donors (Lipinski definition) is 11. The molecule has 2 saturated heterocycles. The Morgan fingerprint density at radius 3 is 1.23 bits per heavy atom. The van der Waals surface area contributed by atoms with E-state index < -0.39 is 156 Å². The molecule has 19 atom stereocenters. The van der Waals surface area contributed by atoms with Gasteiger partial charge in [0.15, 0.2) is 18.7 Å². The van der Waals surface area contributed by atoms with E-state index >= 15 is 0 Å². The Bertz CT molecular complexity index is 2080. The number of aliphatic hydroxyl groups is 10. The quantitative estimate of drug-likeness (QED) is 0.00886. The van der Waals surface area contributed by atoms with Gasteiger partial charge in [-0.3, -0.25) is 23.4 Å². The SMILES string of the molecule is CCCCCC/C=C\CCCCCCCCCC(=O)OC(COC(=O)CCCCCCCCCCCCC)COP(=O)(O)OC1C(OC2OC(CO)C(O)C(O)C2O)C(O)C(O)C(O)C1OC1OC(COC(=O)CCCCCCCCC(C)CCCCCCCC)C(O)C(O)C1O. The standard InChI is InChI=1S/C72H133O24P/c1-5-8-11-14-17-19-21-22-23-24-26-28-30-37-42-47-58(76)91-53(49-88-56(74)45-40-35-29-27-25-20-18-15-12-9-6-2)50-90-97(86,87)96-70-68(94-71-66(84)61(79)59(77)54(48-73)92-71)64(82)63(81)65(83)69(70)95-72-67(85)62(80)60(78)55(93-72)51-89-57(75)46-41-36-32-31-34-39-44-52(4)43-38-33-16-13-10-7-3/h19,21,52-55,59-73,77-85H,5-18,20,22-51H2,1-4H3,(H,86,87)/b21-19-. The highest BCUT2D eigenvalue weighted by atomic mass is 31.2. The Kier molecular flexibility index (Phi) is 49.0. The third-order valence-corrected chi connectivity index (χ3v) is 19.9. The van der Waals surface area contributed by atoms with E-state index in [1.807, 2.05) is 0 Å². The molecule has 0 amide bonds. The van der Waals surface area contributed by atoms with E-state index in [-0.39, 0.29) is 19.3 Å². The summed E-state index contributed by atoms with van der Waals surface area (Å²) in [7, 11) is -5.69. The van der Waals surface area contributed by atoms with Gasteiger partial charge in [-0.15, -0.1) is 0 Å². The van der Waals surface area contributed by atoms with E-state index in [9.17, 15) is 74.9 Å². The first-order valence-electron chi connectivity index (χ1n) is 37.9. The second kappa shape index (κ2) is 53.5. The Morgan fingerprint density at radius 1 is 0.423 bits per heavy atom. The summed E-state index contributed by atoms with van der Waals surface area (Å²) in [5, 5.41) is 110. The summed E-state index contributed by atoms with van der Waals surface area (Å²) in [6.07, 6.45) is 10.0. The summed E-state index contributed by atoms with van der Waals surface area (Å²) in [5.41, 5.74) is 0. The van der Waals surface area contributed by atoms with Crippen LogP contribution in [0, 0.1) is 5.92 Å². The first-order chi connectivity index (χ1) is 46.7. The number of allylic oxidation sites excluding steroid dienone is 2. The molecule has 1 aliphatic carbocycles. The summed E-state index contributed by atoms with van der Waals surface area (Å²) < 4.78 is 65.0. The molecule has 2 aliphatic heterocycles. The van der Waals surface area contributed by atoms with Crippen LogP contribution in [0.1, 0.15) is 291 Å². The number of rotatable bonds is 58. The zero-order valence-corrected chi connectivity index (χ0v) is 60.4. The van der Waals surface area contributed by atoms with Gasteiger partial charge in [-0.1, -0.05) is 239 Å². The normalized spacial score (nSPS) is 28.2. The Morgan fingerprint density at radius 2 is 0.784 bits per heavy atom. The van der Waals surface area contributed by atoms with Gasteiger partial charge in [0, 0.05) is 19.3 Å². The number of unbranched alkanes of at least 4 members (excludes halogenated alkanes) is 31. The molecule has 25 heteroatoms. The van der Waals surface area contributed by atoms with Crippen molar-refractivity contribution in [3.8, 4) is 0 Å². The van der Waals surface area contributed by atoms with E-state index in [1.165, 1.54) is 109 Å². The molecule has 3 aliphatic rings. The van der Waals surface area contributed by atoms with Crippen molar-refractivity contribution in [2.45, 2.75) is 395 Å². The Balaban J connectivity index is 1.73. The van der Waals surface area contributed by atoms with Gasteiger partial charge in [0.05, 0.1) is 13.2 Å². The van der Waals surface area contributed by atoms with Crippen LogP contribution >= 0.6 is 7.82 Å². The summed E-state index contributed by atoms with van der Waals surface area (Å²) in [6, 6.07) is 0. The van der Waals surface area contributed by atoms with Crippen molar-refractivity contribution in [3.63, 3.8) is 0 Å². The van der Waals surface area contributed by atoms with Crippen LogP contribution in [0.3, 0.4) is 0 Å². The van der Waals surface area contributed by atoms with Crippen molar-refractivity contribution in [2.75, 3.05) is 26.4 Å². The molecular formula is C72H133O24P. The maximum absolute atomic E-state index is 14.3. The van der Waals surface area contributed by atoms with Crippen LogP contribution in [-0.2, 0) is 61.2 Å². The first kappa shape index (κ1) is 88.9. The molecule has 97 heavy (non-hydrogen) atoms. The van der Waals surface area contributed by atoms with E-state index in [2.05, 4.69) is 39.8 Å². The summed E-state index contributed by atoms with van der Waals surface area (Å²) in [5.74, 6) is -1.29. The third kappa shape index (κ3) is 37.1. The fraction of sp³-hybridized carbons (Fsp3) is 0.931. The van der Waals surface area contributed by atoms with Crippen LogP contribution in [0.15, 0.2) is 12.2 Å². The topological polar surface area (TPSA) is 374 Å². The monoisotopic (exact) mass is 1410 g/mol. The molecule has 3 rings (SSSR count). The fourth-order valence-corrected chi connectivity index (χ4v) is 13.6. The number of aliphatic hydroxyl groups excluding tert-OH is 10. The molecule has 0 aromatic rings. The lowest BCUT2D eigenvalue weighted by molar-refractivity contribution is -0.360. The molecule has 0 bridgehead atoms. The number of hydrogen-bond acceptors (Lipinski definition) is 23. The van der Waals surface area contributed by atoms with Crippen LogP contribution < -0.4 is 0 Å². The van der Waals surface area contributed by atoms with Crippen LogP contribution in [0.4, 0.5) is 0 Å². The summed E-state index contributed by atoms with van der Waals surface area (Å²) in [4.78, 5) is 51.0. The fourth-order valence-electron chi connectivity index (χ4n) is 12.6. The molecule has 2 heterocycles. The van der Waals surface area contributed by atoms with Gasteiger partial charge in [-0.2, -0.15) is 0 Å². The van der Waals surface area contributed by atoms with Gasteiger partial charge in [0.1, 0.15) is 98.7 Å². The minimum absolute atomic E-state index is 0.0296. The number of esters is 3. The van der Waals surface area contributed by atoms with Gasteiger partial charge in [0.25, 0.3) is 0 Å². The van der Waals surface area contributed by atoms with Crippen LogP contribution in [0.25, 0.3) is 0 Å². The Hall–Kier alpha value is -2.30. The number of phosphoric acid groups is 1. The highest BCUT2D eigenvalue weighted by Gasteiger charge is 2.58. The lowest BCUT2D eigenvalue weighted by Crippen LogP contribution is -2.69. The zero-order chi connectivity index (χ0) is 71.2. The van der Waals surface area contributed by atoms with E-state index in [0.717, 1.165) is 116 Å². The van der Waals surface area contributed by atoms with E-state index in [1.54, 1.807) is 0 Å². The van der Waals surface area contributed by atoms with Gasteiger partial charge in [-0.25, -0.2) is 4.57 Å². The highest BCUT2D eigenvalue weighted by molar-refractivity contribution is 7.47.